The summed E-state index contributed by atoms with van der Waals surface area (Å²) in [5, 5.41) is 20.8. The minimum Gasteiger partial charge on any atom is -0.480 e. The van der Waals surface area contributed by atoms with Crippen LogP contribution in [0.1, 0.15) is 35.3 Å². The van der Waals surface area contributed by atoms with Crippen molar-refractivity contribution in [2.75, 3.05) is 0 Å². The fraction of sp³-hybridized carbons (Fsp3) is 0.429. The van der Waals surface area contributed by atoms with Gasteiger partial charge in [-0.25, -0.2) is 4.79 Å². The van der Waals surface area contributed by atoms with Crippen molar-refractivity contribution in [1.82, 2.24) is 5.32 Å². The number of amides is 1. The Morgan fingerprint density at radius 2 is 1.96 bits per heavy atom. The van der Waals surface area contributed by atoms with E-state index in [2.05, 4.69) is 5.32 Å². The maximum Gasteiger partial charge on any atom is 0.492 e. The number of carbonyl (C=O) groups is 2. The summed E-state index contributed by atoms with van der Waals surface area (Å²) >= 11 is 0. The average Bonchev–Trinajstić information content (AvgIpc) is 2.83. The van der Waals surface area contributed by atoms with Gasteiger partial charge in [-0.15, -0.1) is 0 Å². The Balaban J connectivity index is 2.49. The van der Waals surface area contributed by atoms with Crippen LogP contribution in [0.3, 0.4) is 0 Å². The highest BCUT2D eigenvalue weighted by molar-refractivity contribution is 6.62. The maximum atomic E-state index is 13.4. The van der Waals surface area contributed by atoms with Gasteiger partial charge in [-0.1, -0.05) is 19.9 Å². The lowest BCUT2D eigenvalue weighted by Gasteiger charge is -2.21. The van der Waals surface area contributed by atoms with Crippen molar-refractivity contribution < 1.29 is 37.5 Å². The van der Waals surface area contributed by atoms with E-state index in [1.54, 1.807) is 0 Å². The zero-order valence-electron chi connectivity index (χ0n) is 12.8. The van der Waals surface area contributed by atoms with E-state index in [9.17, 15) is 27.8 Å². The van der Waals surface area contributed by atoms with Gasteiger partial charge in [0, 0.05) is 5.46 Å². The highest BCUT2D eigenvalue weighted by Gasteiger charge is 2.44. The number of halogens is 3. The smallest absolute Gasteiger partial charge is 0.480 e. The Labute approximate surface area is 135 Å². The van der Waals surface area contributed by atoms with E-state index >= 15 is 0 Å². The van der Waals surface area contributed by atoms with Gasteiger partial charge in [0.05, 0.1) is 17.7 Å². The molecular weight excluding hydrogens is 330 g/mol. The topological polar surface area (TPSA) is 95.9 Å². The number of hydrogen-bond acceptors (Lipinski definition) is 4. The van der Waals surface area contributed by atoms with Crippen LogP contribution in [0.2, 0.25) is 0 Å². The molecule has 1 amide bonds. The molecule has 10 heteroatoms. The minimum absolute atomic E-state index is 0.130. The van der Waals surface area contributed by atoms with Crippen molar-refractivity contribution in [3.63, 3.8) is 0 Å². The molecule has 0 radical (unpaired) electrons. The van der Waals surface area contributed by atoms with Gasteiger partial charge < -0.3 is 20.1 Å². The number of alkyl halides is 3. The second-order valence-electron chi connectivity index (χ2n) is 5.76. The van der Waals surface area contributed by atoms with Crippen LogP contribution in [0.5, 0.6) is 0 Å². The Bertz CT molecular complexity index is 677. The highest BCUT2D eigenvalue weighted by atomic mass is 19.4. The van der Waals surface area contributed by atoms with E-state index in [0.29, 0.717) is 0 Å². The van der Waals surface area contributed by atoms with Gasteiger partial charge in [-0.3, -0.25) is 4.79 Å². The van der Waals surface area contributed by atoms with Gasteiger partial charge in [0.1, 0.15) is 6.04 Å². The largest absolute Gasteiger partial charge is 0.492 e. The zero-order chi connectivity index (χ0) is 18.2. The predicted octanol–water partition coefficient (Wildman–Crippen LogP) is 0.762. The third-order valence-electron chi connectivity index (χ3n) is 3.73. The molecule has 2 rings (SSSR count). The van der Waals surface area contributed by atoms with Crippen LogP contribution in [0.4, 0.5) is 13.2 Å². The lowest BCUT2D eigenvalue weighted by atomic mass is 9.74. The average molecular weight is 345 g/mol. The van der Waals surface area contributed by atoms with Gasteiger partial charge in [0.15, 0.2) is 0 Å². The molecule has 0 aliphatic carbocycles. The first kappa shape index (κ1) is 18.3. The standard InChI is InChI=1S/C14H15BF3NO5/c1-6(2)11(13(21)22)19-12(20)8-4-3-7-5-24-15(23)10(7)9(8)14(16,17)18/h3-4,6,11,23H,5H2,1-2H3,(H,19,20)(H,21,22). The van der Waals surface area contributed by atoms with E-state index in [1.165, 1.54) is 19.9 Å². The summed E-state index contributed by atoms with van der Waals surface area (Å²) in [4.78, 5) is 23.4. The summed E-state index contributed by atoms with van der Waals surface area (Å²) in [6, 6.07) is 0.867. The van der Waals surface area contributed by atoms with Crippen molar-refractivity contribution in [2.45, 2.75) is 32.7 Å². The van der Waals surface area contributed by atoms with Crippen molar-refractivity contribution in [3.05, 3.63) is 28.8 Å². The number of rotatable bonds is 4. The van der Waals surface area contributed by atoms with Gasteiger partial charge in [-0.05, 0) is 17.5 Å². The summed E-state index contributed by atoms with van der Waals surface area (Å²) in [6.07, 6.45) is -4.91. The normalized spacial score (nSPS) is 15.4. The third-order valence-corrected chi connectivity index (χ3v) is 3.73. The van der Waals surface area contributed by atoms with E-state index in [4.69, 9.17) is 9.76 Å². The lowest BCUT2D eigenvalue weighted by Crippen LogP contribution is -2.46. The first-order chi connectivity index (χ1) is 11.0. The molecule has 130 valence electrons. The van der Waals surface area contributed by atoms with Crippen molar-refractivity contribution in [3.8, 4) is 0 Å². The quantitative estimate of drug-likeness (QED) is 0.701. The summed E-state index contributed by atoms with van der Waals surface area (Å²) < 4.78 is 45.1. The molecule has 0 bridgehead atoms. The molecule has 0 fully saturated rings. The predicted molar refractivity (Wildman–Crippen MR) is 77.6 cm³/mol. The van der Waals surface area contributed by atoms with E-state index in [0.717, 1.165) is 6.07 Å². The number of benzene rings is 1. The number of nitrogens with one attached hydrogen (secondary N) is 1. The molecule has 1 aromatic rings. The number of carboxylic acids is 1. The third kappa shape index (κ3) is 3.39. The summed E-state index contributed by atoms with van der Waals surface area (Å²) in [5.74, 6) is -3.05. The Morgan fingerprint density at radius 3 is 2.46 bits per heavy atom. The van der Waals surface area contributed by atoms with Crippen LogP contribution >= 0.6 is 0 Å². The molecule has 1 atom stereocenters. The molecule has 0 saturated carbocycles. The lowest BCUT2D eigenvalue weighted by molar-refractivity contribution is -0.140. The Hall–Kier alpha value is -2.07. The van der Waals surface area contributed by atoms with Crippen LogP contribution in [-0.2, 0) is 22.2 Å². The first-order valence-electron chi connectivity index (χ1n) is 7.10. The SMILES string of the molecule is CC(C)C(NC(=O)c1ccc2c(c1C(F)(F)F)B(O)OC2)C(=O)O. The van der Waals surface area contributed by atoms with Gasteiger partial charge in [0.2, 0.25) is 0 Å². The van der Waals surface area contributed by atoms with Crippen molar-refractivity contribution in [2.24, 2.45) is 5.92 Å². The van der Waals surface area contributed by atoms with Crippen LogP contribution in [-0.4, -0.2) is 35.2 Å². The number of carbonyl (C=O) groups excluding carboxylic acids is 1. The highest BCUT2D eigenvalue weighted by Crippen LogP contribution is 2.33. The Kier molecular flexibility index (Phi) is 4.91. The van der Waals surface area contributed by atoms with Crippen LogP contribution in [0.25, 0.3) is 0 Å². The van der Waals surface area contributed by atoms with Crippen LogP contribution in [0.15, 0.2) is 12.1 Å². The number of fused-ring (bicyclic) bond motifs is 1. The fourth-order valence-electron chi connectivity index (χ4n) is 2.55. The van der Waals surface area contributed by atoms with Gasteiger partial charge in [-0.2, -0.15) is 13.2 Å². The van der Waals surface area contributed by atoms with E-state index < -0.39 is 53.7 Å². The molecule has 0 aromatic heterocycles. The number of carboxylic acid groups (broad SMARTS) is 1. The molecule has 1 aromatic carbocycles. The molecule has 1 unspecified atom stereocenters. The second-order valence-corrected chi connectivity index (χ2v) is 5.76. The monoisotopic (exact) mass is 345 g/mol. The fourth-order valence-corrected chi connectivity index (χ4v) is 2.55. The Morgan fingerprint density at radius 1 is 1.33 bits per heavy atom. The minimum atomic E-state index is -4.91. The maximum absolute atomic E-state index is 13.4. The van der Waals surface area contributed by atoms with Crippen molar-refractivity contribution in [1.29, 1.82) is 0 Å². The van der Waals surface area contributed by atoms with Gasteiger partial charge >= 0.3 is 19.3 Å². The van der Waals surface area contributed by atoms with Crippen molar-refractivity contribution >= 4 is 24.5 Å². The molecular formula is C14H15BF3NO5. The van der Waals surface area contributed by atoms with E-state index in [-0.39, 0.29) is 12.2 Å². The molecule has 24 heavy (non-hydrogen) atoms. The zero-order valence-corrected chi connectivity index (χ0v) is 12.8. The van der Waals surface area contributed by atoms with Gasteiger partial charge in [0.25, 0.3) is 5.91 Å². The summed E-state index contributed by atoms with van der Waals surface area (Å²) in [6.45, 7) is 2.83. The van der Waals surface area contributed by atoms with E-state index in [1.807, 2.05) is 0 Å². The molecule has 6 nitrogen and oxygen atoms in total. The van der Waals surface area contributed by atoms with Crippen LogP contribution < -0.4 is 10.8 Å². The second kappa shape index (κ2) is 6.44. The number of aliphatic carboxylic acids is 1. The van der Waals surface area contributed by atoms with Crippen LogP contribution in [0, 0.1) is 5.92 Å². The molecule has 0 spiro atoms. The molecule has 0 saturated heterocycles. The first-order valence-corrected chi connectivity index (χ1v) is 7.10. The molecule has 1 aliphatic rings. The molecule has 1 aliphatic heterocycles. The summed E-state index contributed by atoms with van der Waals surface area (Å²) in [5.41, 5.74) is -2.44. The number of hydrogen-bond donors (Lipinski definition) is 3. The molecule has 3 N–H and O–H groups in total. The summed E-state index contributed by atoms with van der Waals surface area (Å²) in [7, 11) is -1.79. The molecule has 1 heterocycles.